The number of allylic oxidation sites excluding steroid dienone is 3. The van der Waals surface area contributed by atoms with E-state index in [0.717, 1.165) is 5.76 Å². The molecule has 0 fully saturated rings. The molecule has 1 atom stereocenters. The molecule has 1 nitrogen and oxygen atoms in total. The first-order valence-electron chi connectivity index (χ1n) is 4.09. The molecule has 0 aromatic rings. The number of hydrogen-bond donors (Lipinski definition) is 0. The number of ether oxygens (including phenoxy) is 1. The molecule has 0 aliphatic carbocycles. The molecule has 6 heteroatoms. The van der Waals surface area contributed by atoms with Gasteiger partial charge < -0.3 is 22.0 Å². The first-order valence-corrected chi connectivity index (χ1v) is 4.09. The lowest BCUT2D eigenvalue weighted by molar-refractivity contribution is 0.166. The zero-order chi connectivity index (χ0) is 11.4. The molecule has 1 unspecified atom stereocenters. The molecular weight excluding hydrogens is 199 g/mol. The Morgan fingerprint density at radius 1 is 1.21 bits per heavy atom. The largest absolute Gasteiger partial charge is 0.673 e. The topological polar surface area (TPSA) is 9.23 Å². The fourth-order valence-electron chi connectivity index (χ4n) is 1.10. The van der Waals surface area contributed by atoms with Gasteiger partial charge in [-0.3, -0.25) is 0 Å². The molecule has 0 N–H and O–H groups in total. The average molecular weight is 211 g/mol. The molecule has 1 heterocycles. The molecule has 14 heavy (non-hydrogen) atoms. The van der Waals surface area contributed by atoms with Crippen LogP contribution in [0, 0.1) is 0 Å². The van der Waals surface area contributed by atoms with Gasteiger partial charge in [0.25, 0.3) is 0 Å². The van der Waals surface area contributed by atoms with E-state index in [1.54, 1.807) is 0 Å². The average Bonchev–Trinajstić information content (AvgIpc) is 1.77. The van der Waals surface area contributed by atoms with Gasteiger partial charge in [-0.2, -0.15) is 0 Å². The van der Waals surface area contributed by atoms with Crippen LogP contribution in [0.15, 0.2) is 23.5 Å². The van der Waals surface area contributed by atoms with E-state index in [0.29, 0.717) is 0 Å². The summed E-state index contributed by atoms with van der Waals surface area (Å²) in [5, 5.41) is 0. The fraction of sp³-hybridized carbons (Fsp3) is 0.500. The van der Waals surface area contributed by atoms with Crippen LogP contribution in [-0.4, -0.2) is 13.4 Å². The van der Waals surface area contributed by atoms with Gasteiger partial charge in [-0.1, -0.05) is 0 Å². The lowest BCUT2D eigenvalue weighted by atomic mass is 10.2. The number of halogens is 4. The van der Waals surface area contributed by atoms with Gasteiger partial charge in [-0.05, 0) is 38.5 Å². The standard InChI is InChI=1S/C8H12O.BF4/c1-6-4-7(2)9-8(3)5-6;2-1(3,4)5/h4-5,7H,1-3H3;/q;-1. The maximum Gasteiger partial charge on any atom is 0.673 e. The van der Waals surface area contributed by atoms with Crippen LogP contribution in [-0.2, 0) is 4.74 Å². The summed E-state index contributed by atoms with van der Waals surface area (Å²) >= 11 is 0. The highest BCUT2D eigenvalue weighted by molar-refractivity contribution is 6.50. The van der Waals surface area contributed by atoms with Crippen molar-refractivity contribution >= 4 is 7.25 Å². The quantitative estimate of drug-likeness (QED) is 0.439. The third kappa shape index (κ3) is 9.16. The molecule has 1 rings (SSSR count). The predicted molar refractivity (Wildman–Crippen MR) is 48.2 cm³/mol. The fourth-order valence-corrected chi connectivity index (χ4v) is 1.10. The van der Waals surface area contributed by atoms with Gasteiger partial charge in [0.1, 0.15) is 6.10 Å². The van der Waals surface area contributed by atoms with Crippen molar-refractivity contribution in [1.82, 2.24) is 0 Å². The Morgan fingerprint density at radius 3 is 1.93 bits per heavy atom. The predicted octanol–water partition coefficient (Wildman–Crippen LogP) is 3.56. The second-order valence-electron chi connectivity index (χ2n) is 2.98. The van der Waals surface area contributed by atoms with Crippen molar-refractivity contribution in [3.05, 3.63) is 23.5 Å². The summed E-state index contributed by atoms with van der Waals surface area (Å²) in [7, 11) is -6.00. The molecule has 1 aliphatic heterocycles. The maximum absolute atomic E-state index is 9.75. The van der Waals surface area contributed by atoms with Gasteiger partial charge in [0.2, 0.25) is 0 Å². The highest BCUT2D eigenvalue weighted by atomic mass is 19.5. The van der Waals surface area contributed by atoms with Crippen molar-refractivity contribution in [2.45, 2.75) is 26.9 Å². The van der Waals surface area contributed by atoms with E-state index in [9.17, 15) is 17.3 Å². The first kappa shape index (κ1) is 13.1. The van der Waals surface area contributed by atoms with E-state index in [2.05, 4.69) is 13.0 Å². The number of hydrogen-bond acceptors (Lipinski definition) is 1. The number of rotatable bonds is 0. The van der Waals surface area contributed by atoms with Crippen molar-refractivity contribution in [2.24, 2.45) is 0 Å². The minimum atomic E-state index is -6.00. The van der Waals surface area contributed by atoms with Crippen molar-refractivity contribution in [3.63, 3.8) is 0 Å². The molecule has 0 radical (unpaired) electrons. The second-order valence-corrected chi connectivity index (χ2v) is 2.98. The van der Waals surface area contributed by atoms with Gasteiger partial charge in [0.15, 0.2) is 0 Å². The molecule has 82 valence electrons. The Bertz CT molecular complexity index is 238. The maximum atomic E-state index is 9.75. The zero-order valence-electron chi connectivity index (χ0n) is 8.23. The van der Waals surface area contributed by atoms with Crippen molar-refractivity contribution in [1.29, 1.82) is 0 Å². The Hall–Kier alpha value is -0.935. The van der Waals surface area contributed by atoms with Gasteiger partial charge in [-0.25, -0.2) is 0 Å². The van der Waals surface area contributed by atoms with Crippen LogP contribution in [0.5, 0.6) is 0 Å². The molecule has 0 spiro atoms. The molecule has 0 aromatic heterocycles. The summed E-state index contributed by atoms with van der Waals surface area (Å²) in [5.41, 5.74) is 1.30. The van der Waals surface area contributed by atoms with Gasteiger partial charge >= 0.3 is 7.25 Å². The Balaban J connectivity index is 0.000000292. The summed E-state index contributed by atoms with van der Waals surface area (Å²) in [6.45, 7) is 6.11. The van der Waals surface area contributed by atoms with Gasteiger partial charge in [0, 0.05) is 0 Å². The van der Waals surface area contributed by atoms with Crippen LogP contribution in [0.2, 0.25) is 0 Å². The summed E-state index contributed by atoms with van der Waals surface area (Å²) < 4.78 is 44.3. The SMILES string of the molecule is CC1=CC(C)OC(C)=C1.F[B-](F)(F)F. The molecule has 0 bridgehead atoms. The smallest absolute Gasteiger partial charge is 0.491 e. The van der Waals surface area contributed by atoms with Crippen molar-refractivity contribution < 1.29 is 22.0 Å². The molecular formula is C8H12BF4O-. The monoisotopic (exact) mass is 211 g/mol. The summed E-state index contributed by atoms with van der Waals surface area (Å²) in [6.07, 6.45) is 4.41. The minimum Gasteiger partial charge on any atom is -0.491 e. The molecule has 0 saturated carbocycles. The van der Waals surface area contributed by atoms with Crippen LogP contribution < -0.4 is 0 Å². The lowest BCUT2D eigenvalue weighted by Gasteiger charge is -2.16. The van der Waals surface area contributed by atoms with Crippen LogP contribution in [0.25, 0.3) is 0 Å². The van der Waals surface area contributed by atoms with Crippen LogP contribution in [0.3, 0.4) is 0 Å². The molecule has 0 amide bonds. The minimum absolute atomic E-state index is 0.259. The van der Waals surface area contributed by atoms with Crippen molar-refractivity contribution in [3.8, 4) is 0 Å². The third-order valence-electron chi connectivity index (χ3n) is 1.30. The zero-order valence-corrected chi connectivity index (χ0v) is 8.23. The second kappa shape index (κ2) is 5.07. The highest BCUT2D eigenvalue weighted by Crippen LogP contribution is 2.14. The molecule has 0 saturated heterocycles. The van der Waals surface area contributed by atoms with E-state index < -0.39 is 7.25 Å². The van der Waals surface area contributed by atoms with Crippen LogP contribution in [0.4, 0.5) is 17.3 Å². The van der Waals surface area contributed by atoms with E-state index in [1.165, 1.54) is 5.57 Å². The summed E-state index contributed by atoms with van der Waals surface area (Å²) in [5.74, 6) is 1.02. The Morgan fingerprint density at radius 2 is 1.64 bits per heavy atom. The normalized spacial score (nSPS) is 21.2. The van der Waals surface area contributed by atoms with Crippen molar-refractivity contribution in [2.75, 3.05) is 0 Å². The van der Waals surface area contributed by atoms with Crippen LogP contribution in [0.1, 0.15) is 20.8 Å². The molecule has 1 aliphatic rings. The Labute approximate surface area is 80.5 Å². The van der Waals surface area contributed by atoms with Crippen LogP contribution >= 0.6 is 0 Å². The van der Waals surface area contributed by atoms with Gasteiger partial charge in [-0.15, -0.1) is 0 Å². The Kier molecular flexibility index (Phi) is 4.73. The summed E-state index contributed by atoms with van der Waals surface area (Å²) in [4.78, 5) is 0. The lowest BCUT2D eigenvalue weighted by Crippen LogP contribution is -2.07. The summed E-state index contributed by atoms with van der Waals surface area (Å²) in [6, 6.07) is 0. The van der Waals surface area contributed by atoms with E-state index >= 15 is 0 Å². The van der Waals surface area contributed by atoms with E-state index in [-0.39, 0.29) is 6.10 Å². The highest BCUT2D eigenvalue weighted by Gasteiger charge is 2.20. The van der Waals surface area contributed by atoms with E-state index in [1.807, 2.05) is 19.9 Å². The van der Waals surface area contributed by atoms with Gasteiger partial charge in [0.05, 0.1) is 5.76 Å². The molecule has 0 aromatic carbocycles. The third-order valence-corrected chi connectivity index (χ3v) is 1.30. The first-order chi connectivity index (χ1) is 6.18. The van der Waals surface area contributed by atoms with E-state index in [4.69, 9.17) is 4.74 Å².